The van der Waals surface area contributed by atoms with Gasteiger partial charge >= 0.3 is 0 Å². The van der Waals surface area contributed by atoms with Gasteiger partial charge in [-0.3, -0.25) is 10.1 Å². The van der Waals surface area contributed by atoms with Crippen molar-refractivity contribution in [1.82, 2.24) is 0 Å². The van der Waals surface area contributed by atoms with Crippen LogP contribution < -0.4 is 0 Å². The predicted molar refractivity (Wildman–Crippen MR) is 74.3 cm³/mol. The molecule has 0 aromatic heterocycles. The van der Waals surface area contributed by atoms with Gasteiger partial charge in [-0.1, -0.05) is 23.9 Å². The number of aliphatic hydroxyl groups excluding tert-OH is 1. The van der Waals surface area contributed by atoms with E-state index in [-0.39, 0.29) is 12.3 Å². The first kappa shape index (κ1) is 14.1. The van der Waals surface area contributed by atoms with Crippen LogP contribution in [0.5, 0.6) is 0 Å². The van der Waals surface area contributed by atoms with E-state index < -0.39 is 4.92 Å². The third kappa shape index (κ3) is 3.15. The highest BCUT2D eigenvalue weighted by Gasteiger charge is 2.15. The monoisotopic (exact) mass is 286 g/mol. The fourth-order valence-electron chi connectivity index (χ4n) is 1.61. The van der Waals surface area contributed by atoms with Gasteiger partial charge in [-0.2, -0.15) is 5.26 Å². The lowest BCUT2D eigenvalue weighted by Gasteiger charge is -2.04. The van der Waals surface area contributed by atoms with E-state index in [0.717, 1.165) is 10.5 Å². The summed E-state index contributed by atoms with van der Waals surface area (Å²) in [5, 5.41) is 28.8. The second-order valence-electron chi connectivity index (χ2n) is 3.96. The second-order valence-corrected chi connectivity index (χ2v) is 5.07. The van der Waals surface area contributed by atoms with Crippen LogP contribution in [0.1, 0.15) is 11.1 Å². The van der Waals surface area contributed by atoms with Gasteiger partial charge in [-0.15, -0.1) is 0 Å². The number of aliphatic hydroxyl groups is 1. The molecule has 0 aliphatic heterocycles. The highest BCUT2D eigenvalue weighted by Crippen LogP contribution is 2.35. The van der Waals surface area contributed by atoms with Crippen LogP contribution in [0.25, 0.3) is 0 Å². The predicted octanol–water partition coefficient (Wildman–Crippen LogP) is 3.11. The average molecular weight is 286 g/mol. The first-order valence-corrected chi connectivity index (χ1v) is 6.52. The van der Waals surface area contributed by atoms with Crippen LogP contribution in [-0.4, -0.2) is 10.0 Å². The quantitative estimate of drug-likeness (QED) is 0.689. The Morgan fingerprint density at radius 1 is 1.25 bits per heavy atom. The molecule has 1 N–H and O–H groups in total. The van der Waals surface area contributed by atoms with Gasteiger partial charge in [-0.25, -0.2) is 0 Å². The Morgan fingerprint density at radius 2 is 1.95 bits per heavy atom. The Morgan fingerprint density at radius 3 is 2.50 bits per heavy atom. The maximum absolute atomic E-state index is 11.0. The van der Waals surface area contributed by atoms with E-state index in [0.29, 0.717) is 10.5 Å². The topological polar surface area (TPSA) is 87.2 Å². The number of nitrogens with zero attached hydrogens (tertiary/aromatic N) is 2. The van der Waals surface area contributed by atoms with Crippen molar-refractivity contribution < 1.29 is 10.0 Å². The maximum Gasteiger partial charge on any atom is 0.283 e. The van der Waals surface area contributed by atoms with Gasteiger partial charge in [0.1, 0.15) is 0 Å². The Hall–Kier alpha value is -2.36. The summed E-state index contributed by atoms with van der Waals surface area (Å²) in [6.45, 7) is -0.0466. The van der Waals surface area contributed by atoms with Gasteiger partial charge in [-0.05, 0) is 29.8 Å². The normalized spacial score (nSPS) is 10.0. The number of nitro benzene ring substituents is 1. The fourth-order valence-corrected chi connectivity index (χ4v) is 2.57. The van der Waals surface area contributed by atoms with E-state index in [1.165, 1.54) is 30.0 Å². The van der Waals surface area contributed by atoms with Gasteiger partial charge in [0.2, 0.25) is 0 Å². The number of nitro groups is 1. The van der Waals surface area contributed by atoms with E-state index in [1.807, 2.05) is 6.07 Å². The average Bonchev–Trinajstić information content (AvgIpc) is 2.47. The summed E-state index contributed by atoms with van der Waals surface area (Å²) in [5.41, 5.74) is 1.12. The number of rotatable bonds is 4. The van der Waals surface area contributed by atoms with E-state index in [2.05, 4.69) is 0 Å². The van der Waals surface area contributed by atoms with E-state index >= 15 is 0 Å². The smallest absolute Gasteiger partial charge is 0.283 e. The van der Waals surface area contributed by atoms with Crippen molar-refractivity contribution >= 4 is 17.4 Å². The van der Waals surface area contributed by atoms with Gasteiger partial charge in [0.25, 0.3) is 5.69 Å². The molecule has 0 fully saturated rings. The largest absolute Gasteiger partial charge is 0.392 e. The second kappa shape index (κ2) is 6.19. The summed E-state index contributed by atoms with van der Waals surface area (Å²) in [4.78, 5) is 11.7. The standard InChI is InChI=1S/C14H10N2O3S/c15-8-11-3-6-13(16(18)19)14(7-11)20-12-4-1-10(9-17)2-5-12/h1-7,17H,9H2. The van der Waals surface area contributed by atoms with Crippen molar-refractivity contribution in [3.63, 3.8) is 0 Å². The molecule has 2 rings (SSSR count). The lowest BCUT2D eigenvalue weighted by Crippen LogP contribution is -1.91. The lowest BCUT2D eigenvalue weighted by molar-refractivity contribution is -0.387. The Balaban J connectivity index is 2.35. The molecule has 5 nitrogen and oxygen atoms in total. The lowest BCUT2D eigenvalue weighted by atomic mass is 10.2. The van der Waals surface area contributed by atoms with Gasteiger partial charge in [0.15, 0.2) is 0 Å². The number of nitriles is 1. The van der Waals surface area contributed by atoms with Crippen molar-refractivity contribution in [1.29, 1.82) is 5.26 Å². The third-order valence-corrected chi connectivity index (χ3v) is 3.67. The van der Waals surface area contributed by atoms with Gasteiger partial charge < -0.3 is 5.11 Å². The van der Waals surface area contributed by atoms with E-state index in [9.17, 15) is 10.1 Å². The highest BCUT2D eigenvalue weighted by atomic mass is 32.2. The number of hydrogen-bond acceptors (Lipinski definition) is 5. The van der Waals surface area contributed by atoms with E-state index in [1.54, 1.807) is 24.3 Å². The molecular formula is C14H10N2O3S. The molecule has 0 spiro atoms. The number of hydrogen-bond donors (Lipinski definition) is 1. The molecule has 0 radical (unpaired) electrons. The molecule has 6 heteroatoms. The van der Waals surface area contributed by atoms with Crippen LogP contribution in [-0.2, 0) is 6.61 Å². The fraction of sp³-hybridized carbons (Fsp3) is 0.0714. The third-order valence-electron chi connectivity index (χ3n) is 2.62. The number of benzene rings is 2. The summed E-state index contributed by atoms with van der Waals surface area (Å²) in [6, 6.07) is 13.3. The van der Waals surface area contributed by atoms with Crippen LogP contribution >= 0.6 is 11.8 Å². The van der Waals surface area contributed by atoms with Crippen LogP contribution in [0, 0.1) is 21.4 Å². The zero-order chi connectivity index (χ0) is 14.5. The molecule has 100 valence electrons. The van der Waals surface area contributed by atoms with Crippen molar-refractivity contribution in [2.24, 2.45) is 0 Å². The van der Waals surface area contributed by atoms with Crippen molar-refractivity contribution in [2.75, 3.05) is 0 Å². The Kier molecular flexibility index (Phi) is 4.35. The minimum absolute atomic E-state index is 0.0276. The molecule has 0 unspecified atom stereocenters. The summed E-state index contributed by atoms with van der Waals surface area (Å²) < 4.78 is 0. The van der Waals surface area contributed by atoms with Crippen molar-refractivity contribution in [3.8, 4) is 6.07 Å². The van der Waals surface area contributed by atoms with Crippen molar-refractivity contribution in [2.45, 2.75) is 16.4 Å². The molecular weight excluding hydrogens is 276 g/mol. The summed E-state index contributed by atoms with van der Waals surface area (Å²) in [7, 11) is 0. The molecule has 0 saturated carbocycles. The summed E-state index contributed by atoms with van der Waals surface area (Å²) in [5.74, 6) is 0. The van der Waals surface area contributed by atoms with E-state index in [4.69, 9.17) is 10.4 Å². The first-order chi connectivity index (χ1) is 9.63. The van der Waals surface area contributed by atoms with Gasteiger partial charge in [0, 0.05) is 11.0 Å². The Bertz CT molecular complexity index is 678. The molecule has 0 bridgehead atoms. The molecule has 20 heavy (non-hydrogen) atoms. The van der Waals surface area contributed by atoms with Crippen LogP contribution in [0.3, 0.4) is 0 Å². The highest BCUT2D eigenvalue weighted by molar-refractivity contribution is 7.99. The maximum atomic E-state index is 11.0. The summed E-state index contributed by atoms with van der Waals surface area (Å²) in [6.07, 6.45) is 0. The van der Waals surface area contributed by atoms with Gasteiger partial charge in [0.05, 0.1) is 28.1 Å². The molecule has 0 atom stereocenters. The summed E-state index contributed by atoms with van der Waals surface area (Å²) >= 11 is 1.22. The zero-order valence-electron chi connectivity index (χ0n) is 10.3. The minimum atomic E-state index is -0.467. The van der Waals surface area contributed by atoms with Crippen LogP contribution in [0.4, 0.5) is 5.69 Å². The molecule has 0 aliphatic carbocycles. The SMILES string of the molecule is N#Cc1ccc([N+](=O)[O-])c(Sc2ccc(CO)cc2)c1. The minimum Gasteiger partial charge on any atom is -0.392 e. The molecule has 0 amide bonds. The molecule has 0 aliphatic rings. The van der Waals surface area contributed by atoms with Crippen LogP contribution in [0.2, 0.25) is 0 Å². The molecule has 0 heterocycles. The Labute approximate surface area is 119 Å². The first-order valence-electron chi connectivity index (χ1n) is 5.70. The van der Waals surface area contributed by atoms with Crippen molar-refractivity contribution in [3.05, 3.63) is 63.7 Å². The molecule has 2 aromatic rings. The van der Waals surface area contributed by atoms with Crippen LogP contribution in [0.15, 0.2) is 52.3 Å². The molecule has 2 aromatic carbocycles. The molecule has 0 saturated heterocycles. The zero-order valence-corrected chi connectivity index (χ0v) is 11.1.